The maximum absolute atomic E-state index is 6.10. The Morgan fingerprint density at radius 2 is 1.94 bits per heavy atom. The third-order valence-corrected chi connectivity index (χ3v) is 5.18. The minimum Gasteiger partial charge on any atom is -0.327 e. The molecule has 2 heteroatoms. The van der Waals surface area contributed by atoms with Gasteiger partial charge in [0, 0.05) is 18.6 Å². The first-order valence-corrected chi connectivity index (χ1v) is 7.13. The molecule has 94 valence electrons. The molecule has 1 saturated carbocycles. The summed E-state index contributed by atoms with van der Waals surface area (Å²) >= 11 is 0. The molecule has 0 spiro atoms. The van der Waals surface area contributed by atoms with E-state index in [1.165, 1.54) is 38.8 Å². The molecule has 2 aliphatic rings. The van der Waals surface area contributed by atoms with Crippen molar-refractivity contribution in [2.45, 2.75) is 58.5 Å². The monoisotopic (exact) mass is 224 g/mol. The van der Waals surface area contributed by atoms with Crippen LogP contribution >= 0.6 is 0 Å². The highest BCUT2D eigenvalue weighted by molar-refractivity contribution is 4.91. The summed E-state index contributed by atoms with van der Waals surface area (Å²) in [6.07, 6.45) is 5.42. The van der Waals surface area contributed by atoms with Crippen LogP contribution in [0.3, 0.4) is 0 Å². The smallest absolute Gasteiger partial charge is 0.0124 e. The van der Waals surface area contributed by atoms with Gasteiger partial charge in [0.25, 0.3) is 0 Å². The summed E-state index contributed by atoms with van der Waals surface area (Å²) in [6.45, 7) is 9.58. The first kappa shape index (κ1) is 12.4. The number of hydrogen-bond donors (Lipinski definition) is 1. The first-order valence-electron chi connectivity index (χ1n) is 7.13. The van der Waals surface area contributed by atoms with E-state index in [-0.39, 0.29) is 0 Å². The summed E-state index contributed by atoms with van der Waals surface area (Å²) in [7, 11) is 0. The minimum absolute atomic E-state index is 0.440. The molecule has 2 N–H and O–H groups in total. The van der Waals surface area contributed by atoms with Crippen molar-refractivity contribution in [2.24, 2.45) is 23.5 Å². The Morgan fingerprint density at radius 1 is 1.19 bits per heavy atom. The molecule has 16 heavy (non-hydrogen) atoms. The van der Waals surface area contributed by atoms with Crippen molar-refractivity contribution >= 4 is 0 Å². The Morgan fingerprint density at radius 3 is 2.50 bits per heavy atom. The zero-order valence-electron chi connectivity index (χ0n) is 11.2. The number of rotatable bonds is 2. The SMILES string of the molecule is CCC1CCC(N2CCC(N)C(C)C2)C1C. The maximum Gasteiger partial charge on any atom is 0.0124 e. The van der Waals surface area contributed by atoms with Gasteiger partial charge in [-0.05, 0) is 43.6 Å². The van der Waals surface area contributed by atoms with Gasteiger partial charge in [0.1, 0.15) is 0 Å². The number of nitrogens with zero attached hydrogens (tertiary/aromatic N) is 1. The van der Waals surface area contributed by atoms with Crippen molar-refractivity contribution in [1.82, 2.24) is 4.90 Å². The highest BCUT2D eigenvalue weighted by atomic mass is 15.2. The highest BCUT2D eigenvalue weighted by Gasteiger charge is 2.37. The lowest BCUT2D eigenvalue weighted by molar-refractivity contribution is 0.0912. The molecule has 0 amide bonds. The average Bonchev–Trinajstić information content (AvgIpc) is 2.64. The molecule has 0 bridgehead atoms. The lowest BCUT2D eigenvalue weighted by Gasteiger charge is -2.40. The van der Waals surface area contributed by atoms with Crippen LogP contribution in [0.25, 0.3) is 0 Å². The van der Waals surface area contributed by atoms with Crippen molar-refractivity contribution in [2.75, 3.05) is 13.1 Å². The fourth-order valence-corrected chi connectivity index (χ4v) is 3.81. The predicted molar refractivity (Wildman–Crippen MR) is 69.3 cm³/mol. The Hall–Kier alpha value is -0.0800. The highest BCUT2D eigenvalue weighted by Crippen LogP contribution is 2.38. The van der Waals surface area contributed by atoms with Crippen LogP contribution in [0.15, 0.2) is 0 Å². The molecule has 1 heterocycles. The van der Waals surface area contributed by atoms with E-state index in [1.807, 2.05) is 0 Å². The third-order valence-electron chi connectivity index (χ3n) is 5.18. The molecular weight excluding hydrogens is 196 g/mol. The van der Waals surface area contributed by atoms with Crippen molar-refractivity contribution < 1.29 is 0 Å². The van der Waals surface area contributed by atoms with E-state index in [1.54, 1.807) is 0 Å². The molecule has 5 atom stereocenters. The van der Waals surface area contributed by atoms with Gasteiger partial charge in [0.15, 0.2) is 0 Å². The zero-order valence-corrected chi connectivity index (χ0v) is 11.2. The molecule has 0 aromatic heterocycles. The lowest BCUT2D eigenvalue weighted by Crippen LogP contribution is -2.50. The van der Waals surface area contributed by atoms with E-state index >= 15 is 0 Å². The molecule has 2 nitrogen and oxygen atoms in total. The number of likely N-dealkylation sites (tertiary alicyclic amines) is 1. The van der Waals surface area contributed by atoms with Crippen LogP contribution in [0.1, 0.15) is 46.5 Å². The van der Waals surface area contributed by atoms with Crippen LogP contribution in [-0.4, -0.2) is 30.1 Å². The van der Waals surface area contributed by atoms with Gasteiger partial charge in [-0.3, -0.25) is 4.90 Å². The largest absolute Gasteiger partial charge is 0.327 e. The van der Waals surface area contributed by atoms with Gasteiger partial charge in [-0.1, -0.05) is 27.2 Å². The third kappa shape index (κ3) is 2.28. The molecule has 1 aliphatic heterocycles. The second-order valence-electron chi connectivity index (χ2n) is 6.10. The maximum atomic E-state index is 6.10. The van der Waals surface area contributed by atoms with Gasteiger partial charge in [0.2, 0.25) is 0 Å². The number of nitrogens with two attached hydrogens (primary N) is 1. The van der Waals surface area contributed by atoms with E-state index in [0.29, 0.717) is 12.0 Å². The molecule has 1 saturated heterocycles. The summed E-state index contributed by atoms with van der Waals surface area (Å²) in [5.41, 5.74) is 6.10. The average molecular weight is 224 g/mol. The second kappa shape index (κ2) is 5.05. The standard InChI is InChI=1S/C14H28N2/c1-4-12-5-6-14(11(12)3)16-8-7-13(15)10(2)9-16/h10-14H,4-9,15H2,1-3H3. The summed E-state index contributed by atoms with van der Waals surface area (Å²) in [4.78, 5) is 2.73. The van der Waals surface area contributed by atoms with E-state index in [9.17, 15) is 0 Å². The molecule has 0 aromatic carbocycles. The zero-order chi connectivity index (χ0) is 11.7. The summed E-state index contributed by atoms with van der Waals surface area (Å²) in [5, 5.41) is 0. The van der Waals surface area contributed by atoms with Gasteiger partial charge >= 0.3 is 0 Å². The van der Waals surface area contributed by atoms with Crippen molar-refractivity contribution in [1.29, 1.82) is 0 Å². The van der Waals surface area contributed by atoms with E-state index < -0.39 is 0 Å². The van der Waals surface area contributed by atoms with Crippen LogP contribution in [-0.2, 0) is 0 Å². The van der Waals surface area contributed by atoms with Gasteiger partial charge in [-0.2, -0.15) is 0 Å². The minimum atomic E-state index is 0.440. The van der Waals surface area contributed by atoms with E-state index in [2.05, 4.69) is 25.7 Å². The van der Waals surface area contributed by atoms with Crippen LogP contribution in [0, 0.1) is 17.8 Å². The van der Waals surface area contributed by atoms with Crippen LogP contribution in [0.2, 0.25) is 0 Å². The first-order chi connectivity index (χ1) is 7.63. The normalized spacial score (nSPS) is 46.1. The van der Waals surface area contributed by atoms with Crippen LogP contribution < -0.4 is 5.73 Å². The molecule has 1 aliphatic carbocycles. The van der Waals surface area contributed by atoms with Crippen molar-refractivity contribution in [3.05, 3.63) is 0 Å². The van der Waals surface area contributed by atoms with Gasteiger partial charge < -0.3 is 5.73 Å². The van der Waals surface area contributed by atoms with Crippen LogP contribution in [0.5, 0.6) is 0 Å². The number of piperidine rings is 1. The predicted octanol–water partition coefficient (Wildman–Crippen LogP) is 2.48. The summed E-state index contributed by atoms with van der Waals surface area (Å²) in [5.74, 6) is 2.55. The molecule has 0 radical (unpaired) electrons. The molecule has 2 rings (SSSR count). The van der Waals surface area contributed by atoms with Gasteiger partial charge in [-0.25, -0.2) is 0 Å². The fourth-order valence-electron chi connectivity index (χ4n) is 3.81. The second-order valence-corrected chi connectivity index (χ2v) is 6.10. The Balaban J connectivity index is 1.93. The lowest BCUT2D eigenvalue weighted by atomic mass is 9.89. The molecular formula is C14H28N2. The van der Waals surface area contributed by atoms with Crippen LogP contribution in [0.4, 0.5) is 0 Å². The van der Waals surface area contributed by atoms with Gasteiger partial charge in [0.05, 0.1) is 0 Å². The van der Waals surface area contributed by atoms with E-state index in [0.717, 1.165) is 17.9 Å². The Kier molecular flexibility index (Phi) is 3.91. The topological polar surface area (TPSA) is 29.3 Å². The fraction of sp³-hybridized carbons (Fsp3) is 1.00. The molecule has 2 fully saturated rings. The van der Waals surface area contributed by atoms with E-state index in [4.69, 9.17) is 5.73 Å². The Bertz CT molecular complexity index is 229. The van der Waals surface area contributed by atoms with Gasteiger partial charge in [-0.15, -0.1) is 0 Å². The van der Waals surface area contributed by atoms with Crippen molar-refractivity contribution in [3.63, 3.8) is 0 Å². The quantitative estimate of drug-likeness (QED) is 0.781. The molecule has 5 unspecified atom stereocenters. The summed E-state index contributed by atoms with van der Waals surface area (Å²) < 4.78 is 0. The Labute approximate surface area is 101 Å². The summed E-state index contributed by atoms with van der Waals surface area (Å²) in [6, 6.07) is 1.29. The number of hydrogen-bond acceptors (Lipinski definition) is 2. The molecule has 0 aromatic rings. The van der Waals surface area contributed by atoms with Crippen molar-refractivity contribution in [3.8, 4) is 0 Å².